The molecule has 2 rings (SSSR count). The van der Waals surface area contributed by atoms with Crippen LogP contribution in [0.15, 0.2) is 58.0 Å². The first-order valence-electron chi connectivity index (χ1n) is 7.47. The SMILES string of the molecule is CC(CNC(=O)NCC(C)(O)c1ccco1)Sc1ccccc1. The van der Waals surface area contributed by atoms with Crippen molar-refractivity contribution in [2.75, 3.05) is 13.1 Å². The molecule has 0 aliphatic heterocycles. The van der Waals surface area contributed by atoms with Gasteiger partial charge in [0.1, 0.15) is 11.4 Å². The molecule has 1 aromatic heterocycles. The molecule has 2 amide bonds. The highest BCUT2D eigenvalue weighted by Gasteiger charge is 2.26. The van der Waals surface area contributed by atoms with Gasteiger partial charge in [0.05, 0.1) is 12.8 Å². The van der Waals surface area contributed by atoms with Crippen molar-refractivity contribution in [3.63, 3.8) is 0 Å². The Bertz CT molecular complexity index is 600. The number of nitrogens with one attached hydrogen (secondary N) is 2. The third kappa shape index (κ3) is 5.65. The number of thioether (sulfide) groups is 1. The molecule has 3 N–H and O–H groups in total. The Morgan fingerprint density at radius 2 is 2.00 bits per heavy atom. The average Bonchev–Trinajstić information content (AvgIpc) is 3.07. The number of carbonyl (C=O) groups excluding carboxylic acids is 1. The second-order valence-corrected chi connectivity index (χ2v) is 7.07. The number of carbonyl (C=O) groups is 1. The van der Waals surface area contributed by atoms with E-state index in [2.05, 4.69) is 17.6 Å². The van der Waals surface area contributed by atoms with Gasteiger partial charge in [-0.15, -0.1) is 11.8 Å². The third-order valence-electron chi connectivity index (χ3n) is 3.28. The zero-order chi connectivity index (χ0) is 16.7. The zero-order valence-electron chi connectivity index (χ0n) is 13.3. The molecule has 6 heteroatoms. The summed E-state index contributed by atoms with van der Waals surface area (Å²) in [5.41, 5.74) is -1.23. The predicted octanol–water partition coefficient (Wildman–Crippen LogP) is 2.97. The normalized spacial score (nSPS) is 14.7. The Labute approximate surface area is 140 Å². The highest BCUT2D eigenvalue weighted by molar-refractivity contribution is 8.00. The van der Waals surface area contributed by atoms with Crippen molar-refractivity contribution in [1.29, 1.82) is 0 Å². The minimum absolute atomic E-state index is 0.0759. The van der Waals surface area contributed by atoms with Gasteiger partial charge < -0.3 is 20.2 Å². The highest BCUT2D eigenvalue weighted by atomic mass is 32.2. The topological polar surface area (TPSA) is 74.5 Å². The first-order valence-corrected chi connectivity index (χ1v) is 8.35. The van der Waals surface area contributed by atoms with E-state index in [-0.39, 0.29) is 17.8 Å². The highest BCUT2D eigenvalue weighted by Crippen LogP contribution is 2.22. The van der Waals surface area contributed by atoms with Crippen LogP contribution >= 0.6 is 11.8 Å². The van der Waals surface area contributed by atoms with E-state index in [1.807, 2.05) is 30.3 Å². The number of hydrogen-bond acceptors (Lipinski definition) is 4. The van der Waals surface area contributed by atoms with Crippen molar-refractivity contribution in [2.45, 2.75) is 29.6 Å². The van der Waals surface area contributed by atoms with Crippen LogP contribution in [0.25, 0.3) is 0 Å². The van der Waals surface area contributed by atoms with Crippen LogP contribution in [-0.4, -0.2) is 29.5 Å². The maximum atomic E-state index is 11.8. The van der Waals surface area contributed by atoms with Crippen molar-refractivity contribution in [1.82, 2.24) is 10.6 Å². The quantitative estimate of drug-likeness (QED) is 0.681. The minimum Gasteiger partial charge on any atom is -0.466 e. The van der Waals surface area contributed by atoms with Gasteiger partial charge in [0.2, 0.25) is 0 Å². The Morgan fingerprint density at radius 3 is 2.65 bits per heavy atom. The standard InChI is InChI=1S/C17H22N2O3S/c1-13(23-14-7-4-3-5-8-14)11-18-16(20)19-12-17(2,21)15-9-6-10-22-15/h3-10,13,21H,11-12H2,1-2H3,(H2,18,19,20). The first-order chi connectivity index (χ1) is 11.0. The van der Waals surface area contributed by atoms with E-state index < -0.39 is 5.60 Å². The van der Waals surface area contributed by atoms with Gasteiger partial charge in [0, 0.05) is 16.7 Å². The van der Waals surface area contributed by atoms with Crippen molar-refractivity contribution in [3.05, 3.63) is 54.5 Å². The second kappa shape index (κ2) is 8.08. The predicted molar refractivity (Wildman–Crippen MR) is 91.4 cm³/mol. The number of furan rings is 1. The molecule has 2 atom stereocenters. The van der Waals surface area contributed by atoms with Gasteiger partial charge in [-0.05, 0) is 31.2 Å². The maximum absolute atomic E-state index is 11.8. The molecule has 0 saturated carbocycles. The van der Waals surface area contributed by atoms with Gasteiger partial charge in [-0.25, -0.2) is 4.79 Å². The molecule has 0 aliphatic carbocycles. The molecular weight excluding hydrogens is 312 g/mol. The van der Waals surface area contributed by atoms with Crippen LogP contribution in [0.1, 0.15) is 19.6 Å². The van der Waals surface area contributed by atoms with Crippen LogP contribution < -0.4 is 10.6 Å². The Hall–Kier alpha value is -1.92. The minimum atomic E-state index is -1.23. The lowest BCUT2D eigenvalue weighted by atomic mass is 10.0. The summed E-state index contributed by atoms with van der Waals surface area (Å²) in [4.78, 5) is 13.0. The van der Waals surface area contributed by atoms with Crippen LogP contribution in [0.3, 0.4) is 0 Å². The van der Waals surface area contributed by atoms with Crippen LogP contribution in [-0.2, 0) is 5.60 Å². The molecule has 0 spiro atoms. The summed E-state index contributed by atoms with van der Waals surface area (Å²) in [5.74, 6) is 0.422. The van der Waals surface area contributed by atoms with E-state index in [4.69, 9.17) is 4.42 Å². The smallest absolute Gasteiger partial charge is 0.314 e. The third-order valence-corrected chi connectivity index (χ3v) is 4.39. The summed E-state index contributed by atoms with van der Waals surface area (Å²) < 4.78 is 5.17. The number of aliphatic hydroxyl groups is 1. The number of benzene rings is 1. The Kier molecular flexibility index (Phi) is 6.12. The van der Waals surface area contributed by atoms with Crippen LogP contribution in [0.5, 0.6) is 0 Å². The molecule has 0 bridgehead atoms. The van der Waals surface area contributed by atoms with Gasteiger partial charge in [-0.2, -0.15) is 0 Å². The summed E-state index contributed by atoms with van der Waals surface area (Å²) in [6, 6.07) is 13.1. The summed E-state index contributed by atoms with van der Waals surface area (Å²) >= 11 is 1.70. The van der Waals surface area contributed by atoms with Crippen molar-refractivity contribution in [2.24, 2.45) is 0 Å². The molecule has 0 saturated heterocycles. The molecule has 0 fully saturated rings. The Balaban J connectivity index is 1.71. The maximum Gasteiger partial charge on any atom is 0.314 e. The monoisotopic (exact) mass is 334 g/mol. The molecule has 23 heavy (non-hydrogen) atoms. The largest absolute Gasteiger partial charge is 0.466 e. The van der Waals surface area contributed by atoms with Crippen molar-refractivity contribution >= 4 is 17.8 Å². The van der Waals surface area contributed by atoms with E-state index >= 15 is 0 Å². The molecule has 0 aliphatic rings. The molecule has 1 aromatic carbocycles. The van der Waals surface area contributed by atoms with E-state index in [1.54, 1.807) is 30.8 Å². The summed E-state index contributed by atoms with van der Waals surface area (Å²) in [6.45, 7) is 4.26. The number of hydrogen-bond donors (Lipinski definition) is 3. The van der Waals surface area contributed by atoms with Gasteiger partial charge in [0.15, 0.2) is 0 Å². The number of rotatable bonds is 7. The molecule has 124 valence electrons. The Morgan fingerprint density at radius 1 is 1.26 bits per heavy atom. The molecule has 2 unspecified atom stereocenters. The fraction of sp³-hybridized carbons (Fsp3) is 0.353. The molecular formula is C17H22N2O3S. The summed E-state index contributed by atoms with van der Waals surface area (Å²) in [5, 5.41) is 16.0. The van der Waals surface area contributed by atoms with Crippen molar-refractivity contribution < 1.29 is 14.3 Å². The molecule has 2 aromatic rings. The number of urea groups is 1. The van der Waals surface area contributed by atoms with E-state index in [1.165, 1.54) is 11.2 Å². The van der Waals surface area contributed by atoms with E-state index in [0.29, 0.717) is 12.3 Å². The van der Waals surface area contributed by atoms with Crippen LogP contribution in [0.2, 0.25) is 0 Å². The summed E-state index contributed by atoms with van der Waals surface area (Å²) in [7, 11) is 0. The van der Waals surface area contributed by atoms with Crippen molar-refractivity contribution in [3.8, 4) is 0 Å². The fourth-order valence-electron chi connectivity index (χ4n) is 2.00. The van der Waals surface area contributed by atoms with E-state index in [0.717, 1.165) is 0 Å². The van der Waals surface area contributed by atoms with Gasteiger partial charge in [0.25, 0.3) is 0 Å². The van der Waals surface area contributed by atoms with E-state index in [9.17, 15) is 9.90 Å². The zero-order valence-corrected chi connectivity index (χ0v) is 14.1. The lowest BCUT2D eigenvalue weighted by molar-refractivity contribution is 0.0367. The van der Waals surface area contributed by atoms with Gasteiger partial charge in [-0.3, -0.25) is 0 Å². The van der Waals surface area contributed by atoms with Crippen LogP contribution in [0.4, 0.5) is 4.79 Å². The summed E-state index contributed by atoms with van der Waals surface area (Å²) in [6.07, 6.45) is 1.49. The fourth-order valence-corrected chi connectivity index (χ4v) is 2.94. The molecule has 0 radical (unpaired) electrons. The molecule has 1 heterocycles. The van der Waals surface area contributed by atoms with Gasteiger partial charge in [-0.1, -0.05) is 25.1 Å². The van der Waals surface area contributed by atoms with Gasteiger partial charge >= 0.3 is 6.03 Å². The second-order valence-electron chi connectivity index (χ2n) is 5.56. The lowest BCUT2D eigenvalue weighted by Gasteiger charge is -2.21. The lowest BCUT2D eigenvalue weighted by Crippen LogP contribution is -2.44. The number of amides is 2. The molecule has 5 nitrogen and oxygen atoms in total. The van der Waals surface area contributed by atoms with Crippen LogP contribution in [0, 0.1) is 0 Å². The first kappa shape index (κ1) is 17.4. The average molecular weight is 334 g/mol.